The molecule has 0 bridgehead atoms. The minimum atomic E-state index is -0.265. The van der Waals surface area contributed by atoms with Crippen molar-refractivity contribution >= 4 is 23.0 Å². The second-order valence-corrected chi connectivity index (χ2v) is 8.38. The molecule has 2 aromatic heterocycles. The van der Waals surface area contributed by atoms with Crippen LogP contribution >= 0.6 is 12.2 Å². The molecule has 0 aliphatic carbocycles. The van der Waals surface area contributed by atoms with E-state index in [1.54, 1.807) is 18.3 Å². The van der Waals surface area contributed by atoms with Gasteiger partial charge in [-0.2, -0.15) is 0 Å². The Morgan fingerprint density at radius 3 is 2.43 bits per heavy atom. The molecular formula is C22H23FN4S. The van der Waals surface area contributed by atoms with Crippen LogP contribution in [0.5, 0.6) is 0 Å². The van der Waals surface area contributed by atoms with E-state index in [1.807, 2.05) is 18.2 Å². The Balaban J connectivity index is 1.81. The van der Waals surface area contributed by atoms with Gasteiger partial charge in [-0.3, -0.25) is 4.98 Å². The van der Waals surface area contributed by atoms with E-state index >= 15 is 0 Å². The first-order valence-corrected chi connectivity index (χ1v) is 9.70. The first-order valence-electron chi connectivity index (χ1n) is 9.29. The average Bonchev–Trinajstić information content (AvgIpc) is 3.28. The van der Waals surface area contributed by atoms with Crippen molar-refractivity contribution in [3.63, 3.8) is 0 Å². The van der Waals surface area contributed by atoms with E-state index in [0.29, 0.717) is 5.11 Å². The van der Waals surface area contributed by atoms with Crippen molar-refractivity contribution in [2.24, 2.45) is 0 Å². The van der Waals surface area contributed by atoms with Crippen LogP contribution in [0.4, 0.5) is 10.1 Å². The number of rotatable bonds is 3. The minimum Gasteiger partial charge on any atom is -0.351 e. The molecule has 144 valence electrons. The van der Waals surface area contributed by atoms with Gasteiger partial charge in [-0.15, -0.1) is 0 Å². The molecule has 28 heavy (non-hydrogen) atoms. The summed E-state index contributed by atoms with van der Waals surface area (Å²) in [6.07, 6.45) is 6.04. The van der Waals surface area contributed by atoms with Crippen molar-refractivity contribution in [2.45, 2.75) is 38.4 Å². The molecule has 3 heterocycles. The van der Waals surface area contributed by atoms with E-state index < -0.39 is 0 Å². The fraction of sp³-hybridized carbons (Fsp3) is 0.273. The molecule has 1 saturated heterocycles. The molecule has 3 aromatic rings. The third-order valence-corrected chi connectivity index (χ3v) is 5.35. The summed E-state index contributed by atoms with van der Waals surface area (Å²) in [4.78, 5) is 6.61. The molecule has 1 aliphatic heterocycles. The number of nitrogens with one attached hydrogen (secondary N) is 1. The fourth-order valence-corrected chi connectivity index (χ4v) is 3.92. The average molecular weight is 395 g/mol. The van der Waals surface area contributed by atoms with Crippen molar-refractivity contribution in [2.75, 3.05) is 4.90 Å². The topological polar surface area (TPSA) is 33.1 Å². The Morgan fingerprint density at radius 1 is 1.07 bits per heavy atom. The van der Waals surface area contributed by atoms with Crippen molar-refractivity contribution in [3.05, 3.63) is 84.2 Å². The summed E-state index contributed by atoms with van der Waals surface area (Å²) in [5, 5.41) is 4.03. The van der Waals surface area contributed by atoms with Gasteiger partial charge in [-0.05, 0) is 81.0 Å². The van der Waals surface area contributed by atoms with Gasteiger partial charge >= 0.3 is 0 Å². The van der Waals surface area contributed by atoms with Gasteiger partial charge in [0.25, 0.3) is 0 Å². The van der Waals surface area contributed by atoms with E-state index in [2.05, 4.69) is 59.0 Å². The quantitative estimate of drug-likeness (QED) is 0.637. The Hall–Kier alpha value is -2.73. The maximum atomic E-state index is 13.5. The number of anilines is 1. The standard InChI is InChI=1S/C22H23FN4S/c1-22(2,3)26-13-11-15(14-26)20-19(18-6-4-5-12-24-18)25-21(28)27(20)17-9-7-16(23)8-10-17/h4-14,19-20H,1-3H3,(H,25,28)/t19-,20-/m0/s1. The molecule has 2 atom stereocenters. The SMILES string of the molecule is CC(C)(C)n1ccc([C@H]2[C@H](c3ccccn3)NC(=S)N2c2ccc(F)cc2)c1. The molecule has 0 unspecified atom stereocenters. The second-order valence-electron chi connectivity index (χ2n) is 8.00. The number of aromatic nitrogens is 2. The van der Waals surface area contributed by atoms with Crippen LogP contribution in [0.3, 0.4) is 0 Å². The van der Waals surface area contributed by atoms with Gasteiger partial charge < -0.3 is 14.8 Å². The number of benzene rings is 1. The molecular weight excluding hydrogens is 371 g/mol. The number of halogens is 1. The van der Waals surface area contributed by atoms with Crippen molar-refractivity contribution < 1.29 is 4.39 Å². The smallest absolute Gasteiger partial charge is 0.174 e. The van der Waals surface area contributed by atoms with Crippen LogP contribution in [-0.4, -0.2) is 14.7 Å². The number of nitrogens with zero attached hydrogens (tertiary/aromatic N) is 3. The van der Waals surface area contributed by atoms with Crippen LogP contribution in [-0.2, 0) is 5.54 Å². The summed E-state index contributed by atoms with van der Waals surface area (Å²) < 4.78 is 15.7. The summed E-state index contributed by atoms with van der Waals surface area (Å²) in [6, 6.07) is 14.3. The van der Waals surface area contributed by atoms with Gasteiger partial charge in [0.05, 0.1) is 17.8 Å². The lowest BCUT2D eigenvalue weighted by Gasteiger charge is -2.27. The summed E-state index contributed by atoms with van der Waals surface area (Å²) in [7, 11) is 0. The molecule has 4 nitrogen and oxygen atoms in total. The van der Waals surface area contributed by atoms with Gasteiger partial charge in [0.15, 0.2) is 5.11 Å². The van der Waals surface area contributed by atoms with Crippen LogP contribution in [0.2, 0.25) is 0 Å². The predicted octanol–water partition coefficient (Wildman–Crippen LogP) is 4.95. The maximum absolute atomic E-state index is 13.5. The van der Waals surface area contributed by atoms with Crippen LogP contribution in [0.25, 0.3) is 0 Å². The largest absolute Gasteiger partial charge is 0.351 e. The molecule has 1 aliphatic rings. The highest BCUT2D eigenvalue weighted by molar-refractivity contribution is 7.80. The van der Waals surface area contributed by atoms with Gasteiger partial charge in [0.1, 0.15) is 5.82 Å². The third-order valence-electron chi connectivity index (χ3n) is 5.03. The van der Waals surface area contributed by atoms with Crippen molar-refractivity contribution in [1.29, 1.82) is 0 Å². The highest BCUT2D eigenvalue weighted by Crippen LogP contribution is 2.41. The second kappa shape index (κ2) is 7.02. The van der Waals surface area contributed by atoms with E-state index in [9.17, 15) is 4.39 Å². The molecule has 0 amide bonds. The Labute approximate surface area is 170 Å². The molecule has 0 spiro atoms. The van der Waals surface area contributed by atoms with Crippen LogP contribution in [0.1, 0.15) is 44.1 Å². The number of hydrogen-bond acceptors (Lipinski definition) is 2. The van der Waals surface area contributed by atoms with Crippen LogP contribution in [0.15, 0.2) is 67.1 Å². The first kappa shape index (κ1) is 18.6. The lowest BCUT2D eigenvalue weighted by molar-refractivity contribution is 0.397. The fourth-order valence-electron chi connectivity index (χ4n) is 3.58. The molecule has 0 radical (unpaired) electrons. The monoisotopic (exact) mass is 394 g/mol. The molecule has 1 aromatic carbocycles. The Morgan fingerprint density at radius 2 is 1.82 bits per heavy atom. The minimum absolute atomic E-state index is 0.0218. The predicted molar refractivity (Wildman–Crippen MR) is 114 cm³/mol. The molecule has 1 fully saturated rings. The number of pyridine rings is 1. The first-order chi connectivity index (χ1) is 13.3. The lowest BCUT2D eigenvalue weighted by Crippen LogP contribution is -2.29. The van der Waals surface area contributed by atoms with E-state index in [-0.39, 0.29) is 23.4 Å². The zero-order chi connectivity index (χ0) is 19.9. The number of thiocarbonyl (C=S) groups is 1. The summed E-state index contributed by atoms with van der Waals surface area (Å²) in [6.45, 7) is 6.51. The van der Waals surface area contributed by atoms with E-state index in [0.717, 1.165) is 16.9 Å². The lowest BCUT2D eigenvalue weighted by atomic mass is 9.98. The molecule has 0 saturated carbocycles. The maximum Gasteiger partial charge on any atom is 0.174 e. The molecule has 1 N–H and O–H groups in total. The van der Waals surface area contributed by atoms with Crippen LogP contribution < -0.4 is 10.2 Å². The zero-order valence-corrected chi connectivity index (χ0v) is 16.9. The highest BCUT2D eigenvalue weighted by atomic mass is 32.1. The summed E-state index contributed by atoms with van der Waals surface area (Å²) >= 11 is 5.68. The zero-order valence-electron chi connectivity index (χ0n) is 16.1. The van der Waals surface area contributed by atoms with E-state index in [1.165, 1.54) is 12.1 Å². The van der Waals surface area contributed by atoms with Crippen molar-refractivity contribution in [1.82, 2.24) is 14.9 Å². The van der Waals surface area contributed by atoms with Gasteiger partial charge in [-0.1, -0.05) is 6.07 Å². The third kappa shape index (κ3) is 3.40. The van der Waals surface area contributed by atoms with Crippen molar-refractivity contribution in [3.8, 4) is 0 Å². The highest BCUT2D eigenvalue weighted by Gasteiger charge is 2.41. The Bertz CT molecular complexity index is 976. The van der Waals surface area contributed by atoms with Gasteiger partial charge in [0.2, 0.25) is 0 Å². The summed E-state index contributed by atoms with van der Waals surface area (Å²) in [5.74, 6) is -0.265. The van der Waals surface area contributed by atoms with Gasteiger partial charge in [-0.25, -0.2) is 4.39 Å². The van der Waals surface area contributed by atoms with E-state index in [4.69, 9.17) is 12.2 Å². The molecule has 4 rings (SSSR count). The Kier molecular flexibility index (Phi) is 4.67. The molecule has 6 heteroatoms. The normalized spacial score (nSPS) is 19.7. The van der Waals surface area contributed by atoms with Crippen LogP contribution in [0, 0.1) is 5.82 Å². The summed E-state index contributed by atoms with van der Waals surface area (Å²) in [5.41, 5.74) is 2.88. The van der Waals surface area contributed by atoms with Gasteiger partial charge in [0, 0.05) is 29.8 Å². The number of hydrogen-bond donors (Lipinski definition) is 1.